The Labute approximate surface area is 118 Å². The molecule has 1 aromatic rings. The van der Waals surface area contributed by atoms with Crippen LogP contribution in [0.25, 0.3) is 0 Å². The van der Waals surface area contributed by atoms with E-state index in [0.29, 0.717) is 13.0 Å². The normalized spacial score (nSPS) is 13.3. The molecule has 0 aliphatic carbocycles. The molecule has 1 N–H and O–H groups in total. The van der Waals surface area contributed by atoms with Gasteiger partial charge in [0, 0.05) is 12.5 Å². The fourth-order valence-corrected chi connectivity index (χ4v) is 2.24. The molecular weight excluding hydrogens is 267 g/mol. The molecule has 114 valence electrons. The van der Waals surface area contributed by atoms with E-state index in [-0.39, 0.29) is 12.5 Å². The van der Waals surface area contributed by atoms with E-state index in [2.05, 4.69) is 5.32 Å². The van der Waals surface area contributed by atoms with Gasteiger partial charge in [0.2, 0.25) is 0 Å². The third-order valence-corrected chi connectivity index (χ3v) is 3.17. The molecule has 0 saturated carbocycles. The maximum absolute atomic E-state index is 12.4. The van der Waals surface area contributed by atoms with E-state index in [0.717, 1.165) is 16.9 Å². The number of ether oxygens (including phenoxy) is 1. The fourth-order valence-electron chi connectivity index (χ4n) is 2.24. The van der Waals surface area contributed by atoms with E-state index in [1.807, 2.05) is 32.0 Å². The van der Waals surface area contributed by atoms with E-state index in [1.54, 1.807) is 7.11 Å². The summed E-state index contributed by atoms with van der Waals surface area (Å²) in [6.45, 7) is 4.51. The van der Waals surface area contributed by atoms with Gasteiger partial charge in [-0.1, -0.05) is 24.6 Å². The number of aryl methyl sites for hydroxylation is 1. The van der Waals surface area contributed by atoms with Crippen LogP contribution in [0.15, 0.2) is 18.2 Å². The molecule has 0 saturated heterocycles. The van der Waals surface area contributed by atoms with Crippen LogP contribution in [-0.2, 0) is 6.42 Å². The second-order valence-corrected chi connectivity index (χ2v) is 4.93. The maximum atomic E-state index is 12.4. The highest BCUT2D eigenvalue weighted by molar-refractivity contribution is 5.37. The van der Waals surface area contributed by atoms with Crippen molar-refractivity contribution in [3.05, 3.63) is 29.3 Å². The van der Waals surface area contributed by atoms with E-state index in [1.165, 1.54) is 0 Å². The van der Waals surface area contributed by atoms with Gasteiger partial charge in [-0.3, -0.25) is 0 Å². The first-order chi connectivity index (χ1) is 9.35. The number of rotatable bonds is 7. The van der Waals surface area contributed by atoms with Gasteiger partial charge in [-0.25, -0.2) is 0 Å². The van der Waals surface area contributed by atoms with Crippen molar-refractivity contribution in [2.75, 3.05) is 13.7 Å². The van der Waals surface area contributed by atoms with Crippen LogP contribution in [0.4, 0.5) is 13.2 Å². The van der Waals surface area contributed by atoms with Gasteiger partial charge >= 0.3 is 6.18 Å². The van der Waals surface area contributed by atoms with Crippen molar-refractivity contribution >= 4 is 0 Å². The number of hydrogen-bond donors (Lipinski definition) is 1. The number of likely N-dealkylation sites (N-methyl/N-ethyl adjacent to an activating group) is 1. The number of halogens is 3. The molecule has 0 radical (unpaired) electrons. The zero-order valence-corrected chi connectivity index (χ0v) is 12.2. The highest BCUT2D eigenvalue weighted by Gasteiger charge is 2.28. The first-order valence-corrected chi connectivity index (χ1v) is 6.79. The van der Waals surface area contributed by atoms with Crippen LogP contribution in [0.3, 0.4) is 0 Å². The number of nitrogens with one attached hydrogen (secondary N) is 1. The molecule has 0 fully saturated rings. The first-order valence-electron chi connectivity index (χ1n) is 6.79. The predicted molar refractivity (Wildman–Crippen MR) is 74.2 cm³/mol. The lowest BCUT2D eigenvalue weighted by atomic mass is 9.99. The minimum absolute atomic E-state index is 0.0778. The SMILES string of the molecule is CCNC(CCC(F)(F)F)Cc1cc(C)ccc1OC. The van der Waals surface area contributed by atoms with Gasteiger partial charge in [-0.2, -0.15) is 13.2 Å². The quantitative estimate of drug-likeness (QED) is 0.823. The van der Waals surface area contributed by atoms with E-state index in [9.17, 15) is 13.2 Å². The van der Waals surface area contributed by atoms with Crippen molar-refractivity contribution in [3.63, 3.8) is 0 Å². The van der Waals surface area contributed by atoms with Gasteiger partial charge in [0.1, 0.15) is 5.75 Å². The van der Waals surface area contributed by atoms with Crippen molar-refractivity contribution in [2.45, 2.75) is 45.3 Å². The number of methoxy groups -OCH3 is 1. The molecule has 20 heavy (non-hydrogen) atoms. The summed E-state index contributed by atoms with van der Waals surface area (Å²) in [5.41, 5.74) is 2.02. The summed E-state index contributed by atoms with van der Waals surface area (Å²) < 4.78 is 42.3. The highest BCUT2D eigenvalue weighted by Crippen LogP contribution is 2.26. The van der Waals surface area contributed by atoms with E-state index >= 15 is 0 Å². The molecule has 0 spiro atoms. The average molecular weight is 289 g/mol. The topological polar surface area (TPSA) is 21.3 Å². The van der Waals surface area contributed by atoms with Crippen molar-refractivity contribution in [2.24, 2.45) is 0 Å². The van der Waals surface area contributed by atoms with Gasteiger partial charge in [-0.05, 0) is 37.9 Å². The monoisotopic (exact) mass is 289 g/mol. The second-order valence-electron chi connectivity index (χ2n) is 4.93. The summed E-state index contributed by atoms with van der Waals surface area (Å²) in [7, 11) is 1.58. The zero-order valence-electron chi connectivity index (χ0n) is 12.2. The smallest absolute Gasteiger partial charge is 0.389 e. The van der Waals surface area contributed by atoms with Crippen LogP contribution in [0.5, 0.6) is 5.75 Å². The minimum atomic E-state index is -4.11. The molecule has 5 heteroatoms. The van der Waals surface area contributed by atoms with Crippen molar-refractivity contribution in [1.82, 2.24) is 5.32 Å². The van der Waals surface area contributed by atoms with Crippen molar-refractivity contribution < 1.29 is 17.9 Å². The van der Waals surface area contributed by atoms with Crippen LogP contribution in [0.1, 0.15) is 30.9 Å². The van der Waals surface area contributed by atoms with Crippen molar-refractivity contribution in [1.29, 1.82) is 0 Å². The summed E-state index contributed by atoms with van der Waals surface area (Å²) in [5, 5.41) is 3.12. The van der Waals surface area contributed by atoms with Crippen LogP contribution < -0.4 is 10.1 Å². The molecule has 1 atom stereocenters. The molecule has 2 nitrogen and oxygen atoms in total. The Kier molecular flexibility index (Phi) is 6.33. The molecule has 0 amide bonds. The summed E-state index contributed by atoms with van der Waals surface area (Å²) in [6, 6.07) is 5.56. The molecule has 0 aliphatic rings. The van der Waals surface area contributed by atoms with Crippen LogP contribution in [-0.4, -0.2) is 25.9 Å². The Morgan fingerprint density at radius 1 is 1.30 bits per heavy atom. The van der Waals surface area contributed by atoms with Crippen molar-refractivity contribution in [3.8, 4) is 5.75 Å². The molecule has 0 bridgehead atoms. The van der Waals surface area contributed by atoms with Gasteiger partial charge in [0.15, 0.2) is 0 Å². The highest BCUT2D eigenvalue weighted by atomic mass is 19.4. The summed E-state index contributed by atoms with van der Waals surface area (Å²) in [5.74, 6) is 0.727. The lowest BCUT2D eigenvalue weighted by Crippen LogP contribution is -2.32. The van der Waals surface area contributed by atoms with Gasteiger partial charge in [0.05, 0.1) is 7.11 Å². The summed E-state index contributed by atoms with van der Waals surface area (Å²) in [6.07, 6.45) is -4.26. The molecular formula is C15H22F3NO. The Balaban J connectivity index is 2.76. The number of hydrogen-bond acceptors (Lipinski definition) is 2. The Morgan fingerprint density at radius 3 is 2.55 bits per heavy atom. The Hall–Kier alpha value is -1.23. The third-order valence-electron chi connectivity index (χ3n) is 3.17. The lowest BCUT2D eigenvalue weighted by Gasteiger charge is -2.20. The maximum Gasteiger partial charge on any atom is 0.389 e. The summed E-state index contributed by atoms with van der Waals surface area (Å²) >= 11 is 0. The van der Waals surface area contributed by atoms with Crippen LogP contribution in [0, 0.1) is 6.92 Å². The first kappa shape index (κ1) is 16.8. The largest absolute Gasteiger partial charge is 0.496 e. The van der Waals surface area contributed by atoms with Gasteiger partial charge in [-0.15, -0.1) is 0 Å². The summed E-state index contributed by atoms with van der Waals surface area (Å²) in [4.78, 5) is 0. The number of benzene rings is 1. The Morgan fingerprint density at radius 2 is 2.00 bits per heavy atom. The zero-order chi connectivity index (χ0) is 15.2. The average Bonchev–Trinajstić information content (AvgIpc) is 2.35. The predicted octanol–water partition coefficient (Wildman–Crippen LogP) is 3.87. The van der Waals surface area contributed by atoms with E-state index < -0.39 is 12.6 Å². The molecule has 0 aliphatic heterocycles. The molecule has 1 aromatic carbocycles. The molecule has 1 rings (SSSR count). The lowest BCUT2D eigenvalue weighted by molar-refractivity contribution is -0.136. The number of alkyl halides is 3. The Bertz CT molecular complexity index is 418. The molecule has 1 unspecified atom stereocenters. The molecule has 0 aromatic heterocycles. The van der Waals surface area contributed by atoms with E-state index in [4.69, 9.17) is 4.74 Å². The van der Waals surface area contributed by atoms with Crippen LogP contribution >= 0.6 is 0 Å². The third kappa shape index (κ3) is 5.82. The standard InChI is InChI=1S/C15H22F3NO/c1-4-19-13(7-8-15(16,17)18)10-12-9-11(2)5-6-14(12)20-3/h5-6,9,13,19H,4,7-8,10H2,1-3H3. The minimum Gasteiger partial charge on any atom is -0.496 e. The van der Waals surface area contributed by atoms with Gasteiger partial charge in [0.25, 0.3) is 0 Å². The second kappa shape index (κ2) is 7.53. The molecule has 0 heterocycles. The van der Waals surface area contributed by atoms with Crippen LogP contribution in [0.2, 0.25) is 0 Å². The van der Waals surface area contributed by atoms with Gasteiger partial charge < -0.3 is 10.1 Å². The fraction of sp³-hybridized carbons (Fsp3) is 0.600.